The van der Waals surface area contributed by atoms with Crippen molar-refractivity contribution in [2.24, 2.45) is 0 Å². The molecule has 0 aromatic carbocycles. The molecule has 1 aliphatic heterocycles. The van der Waals surface area contributed by atoms with Crippen LogP contribution in [0.5, 0.6) is 0 Å². The van der Waals surface area contributed by atoms with Crippen LogP contribution in [0.2, 0.25) is 0 Å². The molecule has 1 amide bonds. The van der Waals surface area contributed by atoms with Gasteiger partial charge in [-0.2, -0.15) is 0 Å². The highest BCUT2D eigenvalue weighted by molar-refractivity contribution is 5.76. The smallest absolute Gasteiger partial charge is 0.220 e. The lowest BCUT2D eigenvalue weighted by Gasteiger charge is -2.40. The molecule has 7 atom stereocenters. The van der Waals surface area contributed by atoms with Crippen molar-refractivity contribution < 1.29 is 39.8 Å². The minimum absolute atomic E-state index is 0.198. The van der Waals surface area contributed by atoms with Gasteiger partial charge in [-0.05, 0) is 38.5 Å². The molecule has 1 fully saturated rings. The molecule has 6 N–H and O–H groups in total. The molecule has 0 radical (unpaired) electrons. The standard InChI is InChI=1S/C36H67NO8/c1-3-5-7-9-11-13-14-15-16-18-19-21-23-25-30(39)29(28-44-36-35(43)34(42)33(41)31(27-38)45-36)37-32(40)26-24-22-20-17-12-10-8-6-4-2/h17,20,23,25,29-31,33-36,38-39,41-43H,3-16,18-19,21-22,24,26-28H2,1-2H3,(H,37,40)/b20-17-,25-23+. The van der Waals surface area contributed by atoms with Crippen molar-refractivity contribution in [3.8, 4) is 0 Å². The van der Waals surface area contributed by atoms with Crippen LogP contribution in [0.4, 0.5) is 0 Å². The number of nitrogens with one attached hydrogen (secondary N) is 1. The lowest BCUT2D eigenvalue weighted by Crippen LogP contribution is -2.60. The van der Waals surface area contributed by atoms with Gasteiger partial charge in [0.05, 0.1) is 25.4 Å². The number of hydrogen-bond acceptors (Lipinski definition) is 8. The second kappa shape index (κ2) is 27.8. The number of unbranched alkanes of at least 4 members (excludes halogenated alkanes) is 16. The summed E-state index contributed by atoms with van der Waals surface area (Å²) in [5.74, 6) is -0.216. The summed E-state index contributed by atoms with van der Waals surface area (Å²) in [5, 5.41) is 53.7. The van der Waals surface area contributed by atoms with E-state index in [9.17, 15) is 30.3 Å². The lowest BCUT2D eigenvalue weighted by molar-refractivity contribution is -0.302. The monoisotopic (exact) mass is 641 g/mol. The Labute approximate surface area is 273 Å². The number of rotatable bonds is 28. The molecule has 1 aliphatic rings. The van der Waals surface area contributed by atoms with Crippen molar-refractivity contribution in [1.82, 2.24) is 5.32 Å². The third kappa shape index (κ3) is 19.8. The molecule has 0 aliphatic carbocycles. The van der Waals surface area contributed by atoms with Crippen LogP contribution in [-0.2, 0) is 14.3 Å². The minimum Gasteiger partial charge on any atom is -0.394 e. The van der Waals surface area contributed by atoms with Crippen molar-refractivity contribution >= 4 is 5.91 Å². The molecule has 264 valence electrons. The highest BCUT2D eigenvalue weighted by Crippen LogP contribution is 2.22. The third-order valence-corrected chi connectivity index (χ3v) is 8.52. The van der Waals surface area contributed by atoms with E-state index in [0.717, 1.165) is 32.1 Å². The van der Waals surface area contributed by atoms with E-state index in [4.69, 9.17) is 9.47 Å². The molecule has 1 saturated heterocycles. The van der Waals surface area contributed by atoms with Crippen LogP contribution in [0.25, 0.3) is 0 Å². The van der Waals surface area contributed by atoms with Crippen molar-refractivity contribution in [1.29, 1.82) is 0 Å². The SMILES string of the molecule is CCCCCC/C=C\CCCC(=O)NC(COC1OC(CO)C(O)C(O)C1O)C(O)/C=C/CCCCCCCCCCCCC. The number of amides is 1. The Morgan fingerprint density at radius 3 is 1.82 bits per heavy atom. The van der Waals surface area contributed by atoms with Gasteiger partial charge in [-0.3, -0.25) is 4.79 Å². The molecule has 1 rings (SSSR count). The van der Waals surface area contributed by atoms with Gasteiger partial charge in [0.1, 0.15) is 24.4 Å². The molecule has 0 aromatic heterocycles. The number of aliphatic hydroxyl groups is 5. The minimum atomic E-state index is -1.57. The quantitative estimate of drug-likeness (QED) is 0.0478. The third-order valence-electron chi connectivity index (χ3n) is 8.52. The largest absolute Gasteiger partial charge is 0.394 e. The molecule has 9 nitrogen and oxygen atoms in total. The Kier molecular flexibility index (Phi) is 25.7. The lowest BCUT2D eigenvalue weighted by atomic mass is 9.99. The van der Waals surface area contributed by atoms with Gasteiger partial charge in [0.15, 0.2) is 6.29 Å². The van der Waals surface area contributed by atoms with Crippen molar-refractivity contribution in [2.75, 3.05) is 13.2 Å². The van der Waals surface area contributed by atoms with Gasteiger partial charge in [-0.25, -0.2) is 0 Å². The second-order valence-corrected chi connectivity index (χ2v) is 12.7. The first kappa shape index (κ1) is 41.7. The van der Waals surface area contributed by atoms with E-state index in [0.29, 0.717) is 12.8 Å². The molecular weight excluding hydrogens is 574 g/mol. The molecule has 1 heterocycles. The average Bonchev–Trinajstić information content (AvgIpc) is 3.04. The molecule has 0 aromatic rings. The van der Waals surface area contributed by atoms with Crippen LogP contribution in [0, 0.1) is 0 Å². The molecule has 0 spiro atoms. The Morgan fingerprint density at radius 2 is 1.24 bits per heavy atom. The highest BCUT2D eigenvalue weighted by Gasteiger charge is 2.44. The zero-order valence-electron chi connectivity index (χ0n) is 28.4. The zero-order chi connectivity index (χ0) is 33.1. The number of ether oxygens (including phenoxy) is 2. The van der Waals surface area contributed by atoms with Gasteiger partial charge in [0, 0.05) is 6.42 Å². The van der Waals surface area contributed by atoms with Gasteiger partial charge in [0.2, 0.25) is 5.91 Å². The van der Waals surface area contributed by atoms with Crippen LogP contribution in [0.3, 0.4) is 0 Å². The van der Waals surface area contributed by atoms with E-state index in [2.05, 4.69) is 31.3 Å². The first-order chi connectivity index (χ1) is 21.8. The summed E-state index contributed by atoms with van der Waals surface area (Å²) in [6, 6.07) is -0.812. The maximum absolute atomic E-state index is 12.8. The predicted octanol–water partition coefficient (Wildman–Crippen LogP) is 5.60. The maximum Gasteiger partial charge on any atom is 0.220 e. The Hall–Kier alpha value is -1.33. The summed E-state index contributed by atoms with van der Waals surface area (Å²) in [5.41, 5.74) is 0. The number of carbonyl (C=O) groups is 1. The molecule has 7 unspecified atom stereocenters. The number of allylic oxidation sites excluding steroid dienone is 3. The first-order valence-electron chi connectivity index (χ1n) is 18.1. The Bertz CT molecular complexity index is 761. The topological polar surface area (TPSA) is 149 Å². The van der Waals surface area contributed by atoms with Crippen LogP contribution in [0.1, 0.15) is 142 Å². The van der Waals surface area contributed by atoms with E-state index in [1.165, 1.54) is 83.5 Å². The van der Waals surface area contributed by atoms with Crippen LogP contribution in [-0.4, -0.2) is 87.5 Å². The summed E-state index contributed by atoms with van der Waals surface area (Å²) in [4.78, 5) is 12.8. The van der Waals surface area contributed by atoms with Gasteiger partial charge < -0.3 is 40.3 Å². The summed E-state index contributed by atoms with van der Waals surface area (Å²) in [6.45, 7) is 3.67. The second-order valence-electron chi connectivity index (χ2n) is 12.7. The fourth-order valence-corrected chi connectivity index (χ4v) is 5.51. The molecule has 0 saturated carbocycles. The highest BCUT2D eigenvalue weighted by atomic mass is 16.7. The van der Waals surface area contributed by atoms with Crippen LogP contribution >= 0.6 is 0 Å². The molecule has 45 heavy (non-hydrogen) atoms. The summed E-state index contributed by atoms with van der Waals surface area (Å²) >= 11 is 0. The average molecular weight is 642 g/mol. The fraction of sp³-hybridized carbons (Fsp3) is 0.861. The predicted molar refractivity (Wildman–Crippen MR) is 180 cm³/mol. The zero-order valence-corrected chi connectivity index (χ0v) is 28.4. The van der Waals surface area contributed by atoms with Crippen molar-refractivity contribution in [2.45, 2.75) is 185 Å². The number of hydrogen-bond donors (Lipinski definition) is 6. The Morgan fingerprint density at radius 1 is 0.733 bits per heavy atom. The van der Waals surface area contributed by atoms with E-state index >= 15 is 0 Å². The van der Waals surface area contributed by atoms with Crippen molar-refractivity contribution in [3.63, 3.8) is 0 Å². The van der Waals surface area contributed by atoms with Crippen LogP contribution in [0.15, 0.2) is 24.3 Å². The normalized spacial score (nSPS) is 23.6. The van der Waals surface area contributed by atoms with Gasteiger partial charge in [-0.15, -0.1) is 0 Å². The molecular formula is C36H67NO8. The van der Waals surface area contributed by atoms with Crippen molar-refractivity contribution in [3.05, 3.63) is 24.3 Å². The maximum atomic E-state index is 12.8. The molecule has 9 heteroatoms. The summed E-state index contributed by atoms with van der Waals surface area (Å²) in [6.07, 6.45) is 22.3. The summed E-state index contributed by atoms with van der Waals surface area (Å²) < 4.78 is 11.1. The van der Waals surface area contributed by atoms with E-state index in [1.54, 1.807) is 6.08 Å². The number of aliphatic hydroxyl groups excluding tert-OH is 5. The number of carbonyl (C=O) groups excluding carboxylic acids is 1. The Balaban J connectivity index is 2.52. The summed E-state index contributed by atoms with van der Waals surface area (Å²) in [7, 11) is 0. The van der Waals surface area contributed by atoms with Gasteiger partial charge >= 0.3 is 0 Å². The van der Waals surface area contributed by atoms with E-state index < -0.39 is 49.5 Å². The van der Waals surface area contributed by atoms with Gasteiger partial charge in [-0.1, -0.05) is 122 Å². The fourth-order valence-electron chi connectivity index (χ4n) is 5.51. The van der Waals surface area contributed by atoms with E-state index in [1.807, 2.05) is 6.08 Å². The van der Waals surface area contributed by atoms with Gasteiger partial charge in [0.25, 0.3) is 0 Å². The van der Waals surface area contributed by atoms with E-state index in [-0.39, 0.29) is 12.5 Å². The molecule has 0 bridgehead atoms. The first-order valence-corrected chi connectivity index (χ1v) is 18.1. The van der Waals surface area contributed by atoms with Crippen LogP contribution < -0.4 is 5.32 Å².